The fourth-order valence-electron chi connectivity index (χ4n) is 1.44. The van der Waals surface area contributed by atoms with Crippen LogP contribution < -0.4 is 16.6 Å². The Morgan fingerprint density at radius 3 is 2.16 bits per heavy atom. The van der Waals surface area contributed by atoms with Crippen molar-refractivity contribution < 1.29 is 4.79 Å². The molecule has 2 aromatic carbocycles. The molecule has 0 saturated carbocycles. The summed E-state index contributed by atoms with van der Waals surface area (Å²) in [5.74, 6) is -0.234. The van der Waals surface area contributed by atoms with Gasteiger partial charge in [-0.1, -0.05) is 6.07 Å². The van der Waals surface area contributed by atoms with Gasteiger partial charge in [-0.15, -0.1) is 0 Å². The van der Waals surface area contributed by atoms with Gasteiger partial charge >= 0.3 is 0 Å². The molecule has 0 bridgehead atoms. The Bertz CT molecular complexity index is 579. The van der Waals surface area contributed by atoms with Crippen molar-refractivity contribution in [2.24, 2.45) is 0 Å². The van der Waals surface area contributed by atoms with E-state index in [0.717, 1.165) is 14.6 Å². The first-order valence-electron chi connectivity index (χ1n) is 5.44. The van der Waals surface area contributed by atoms with E-state index in [0.29, 0.717) is 11.3 Å². The van der Waals surface area contributed by atoms with Crippen molar-refractivity contribution in [3.8, 4) is 0 Å². The predicted molar refractivity (Wildman–Crippen MR) is 83.8 cm³/mol. The number of benzene rings is 2. The highest BCUT2D eigenvalue weighted by atomic mass is 79.9. The molecule has 6 heteroatoms. The van der Waals surface area contributed by atoms with Crippen molar-refractivity contribution in [1.29, 1.82) is 0 Å². The summed E-state index contributed by atoms with van der Waals surface area (Å²) in [6.07, 6.45) is 0. The van der Waals surface area contributed by atoms with Crippen LogP contribution in [0.4, 0.5) is 11.4 Å². The smallest absolute Gasteiger partial charge is 0.269 e. The topological polar surface area (TPSA) is 67.2 Å². The molecule has 0 fully saturated rings. The van der Waals surface area contributed by atoms with Crippen LogP contribution in [-0.4, -0.2) is 5.91 Å². The van der Waals surface area contributed by atoms with E-state index in [2.05, 4.69) is 42.7 Å². The van der Waals surface area contributed by atoms with Crippen LogP contribution in [0.5, 0.6) is 0 Å². The Hall–Kier alpha value is -1.53. The molecule has 0 heterocycles. The van der Waals surface area contributed by atoms with E-state index in [1.807, 2.05) is 18.2 Å². The number of nitrogens with two attached hydrogens (primary N) is 1. The minimum absolute atomic E-state index is 0.234. The number of hydrazine groups is 1. The Morgan fingerprint density at radius 2 is 1.58 bits per heavy atom. The van der Waals surface area contributed by atoms with Crippen molar-refractivity contribution >= 4 is 49.1 Å². The van der Waals surface area contributed by atoms with Gasteiger partial charge < -0.3 is 5.73 Å². The number of halogens is 2. The van der Waals surface area contributed by atoms with Gasteiger partial charge in [0.1, 0.15) is 0 Å². The van der Waals surface area contributed by atoms with E-state index in [1.165, 1.54) is 0 Å². The summed E-state index contributed by atoms with van der Waals surface area (Å²) in [6.45, 7) is 0. The van der Waals surface area contributed by atoms with E-state index in [-0.39, 0.29) is 5.91 Å². The molecule has 0 radical (unpaired) electrons. The van der Waals surface area contributed by atoms with Crippen molar-refractivity contribution in [3.05, 3.63) is 57.0 Å². The largest absolute Gasteiger partial charge is 0.399 e. The number of carbonyl (C=O) groups excluding carboxylic acids is 1. The first-order valence-corrected chi connectivity index (χ1v) is 7.02. The Morgan fingerprint density at radius 1 is 1.00 bits per heavy atom. The second-order valence-electron chi connectivity index (χ2n) is 3.80. The number of carbonyl (C=O) groups is 1. The maximum absolute atomic E-state index is 11.9. The van der Waals surface area contributed by atoms with E-state index >= 15 is 0 Å². The van der Waals surface area contributed by atoms with Gasteiger partial charge in [0, 0.05) is 20.2 Å². The molecule has 0 aliphatic rings. The summed E-state index contributed by atoms with van der Waals surface area (Å²) in [5.41, 5.74) is 13.0. The molecule has 0 aliphatic carbocycles. The van der Waals surface area contributed by atoms with Crippen molar-refractivity contribution in [2.45, 2.75) is 0 Å². The van der Waals surface area contributed by atoms with Gasteiger partial charge in [-0.05, 0) is 68.3 Å². The molecule has 2 aromatic rings. The summed E-state index contributed by atoms with van der Waals surface area (Å²) in [6, 6.07) is 12.3. The summed E-state index contributed by atoms with van der Waals surface area (Å²) in [7, 11) is 0. The minimum Gasteiger partial charge on any atom is -0.399 e. The summed E-state index contributed by atoms with van der Waals surface area (Å²) < 4.78 is 1.69. The lowest BCUT2D eigenvalue weighted by Gasteiger charge is -2.12. The van der Waals surface area contributed by atoms with Gasteiger partial charge in [-0.3, -0.25) is 15.6 Å². The third kappa shape index (κ3) is 3.48. The summed E-state index contributed by atoms with van der Waals surface area (Å²) in [5, 5.41) is 0. The van der Waals surface area contributed by atoms with Crippen molar-refractivity contribution in [2.75, 3.05) is 11.2 Å². The fourth-order valence-corrected chi connectivity index (χ4v) is 2.64. The summed E-state index contributed by atoms with van der Waals surface area (Å²) in [4.78, 5) is 11.9. The number of para-hydroxylation sites is 1. The molecule has 1 amide bonds. The van der Waals surface area contributed by atoms with Crippen LogP contribution in [0.1, 0.15) is 10.4 Å². The molecule has 0 aromatic heterocycles. The van der Waals surface area contributed by atoms with Crippen molar-refractivity contribution in [1.82, 2.24) is 5.43 Å². The maximum Gasteiger partial charge on any atom is 0.269 e. The Balaban J connectivity index is 2.06. The number of nitrogen functional groups attached to an aromatic ring is 1. The Kier molecular flexibility index (Phi) is 4.44. The molecule has 19 heavy (non-hydrogen) atoms. The number of nitrogens with one attached hydrogen (secondary N) is 2. The van der Waals surface area contributed by atoms with E-state index in [1.54, 1.807) is 24.3 Å². The van der Waals surface area contributed by atoms with Crippen LogP contribution in [0.2, 0.25) is 0 Å². The standard InChI is InChI=1S/C13H11Br2N3O/c14-10-2-1-3-11(15)12(10)17-18-13(19)8-4-6-9(16)7-5-8/h1-7,17H,16H2,(H,18,19). The second kappa shape index (κ2) is 6.08. The predicted octanol–water partition coefficient (Wildman–Crippen LogP) is 3.55. The Labute approximate surface area is 127 Å². The van der Waals surface area contributed by atoms with E-state index < -0.39 is 0 Å². The zero-order chi connectivity index (χ0) is 13.8. The fraction of sp³-hybridized carbons (Fsp3) is 0. The van der Waals surface area contributed by atoms with Gasteiger partial charge in [0.15, 0.2) is 0 Å². The number of anilines is 2. The zero-order valence-corrected chi connectivity index (χ0v) is 13.0. The molecule has 0 aliphatic heterocycles. The van der Waals surface area contributed by atoms with Crippen LogP contribution in [0.25, 0.3) is 0 Å². The first-order chi connectivity index (χ1) is 9.08. The second-order valence-corrected chi connectivity index (χ2v) is 5.51. The van der Waals surface area contributed by atoms with Crippen LogP contribution in [0.15, 0.2) is 51.4 Å². The lowest BCUT2D eigenvalue weighted by atomic mass is 10.2. The van der Waals surface area contributed by atoms with Crippen LogP contribution >= 0.6 is 31.9 Å². The monoisotopic (exact) mass is 383 g/mol. The van der Waals surface area contributed by atoms with E-state index in [9.17, 15) is 4.79 Å². The van der Waals surface area contributed by atoms with Crippen molar-refractivity contribution in [3.63, 3.8) is 0 Å². The molecule has 0 atom stereocenters. The highest BCUT2D eigenvalue weighted by Crippen LogP contribution is 2.29. The third-order valence-corrected chi connectivity index (χ3v) is 3.76. The normalized spacial score (nSPS) is 10.0. The van der Waals surface area contributed by atoms with Gasteiger partial charge in [0.2, 0.25) is 0 Å². The lowest BCUT2D eigenvalue weighted by molar-refractivity contribution is 0.0962. The average molecular weight is 385 g/mol. The van der Waals surface area contributed by atoms with Crippen LogP contribution in [0, 0.1) is 0 Å². The molecular formula is C13H11Br2N3O. The SMILES string of the molecule is Nc1ccc(C(=O)NNc2c(Br)cccc2Br)cc1. The molecule has 98 valence electrons. The van der Waals surface area contributed by atoms with E-state index in [4.69, 9.17) is 5.73 Å². The highest BCUT2D eigenvalue weighted by Gasteiger charge is 2.07. The molecule has 4 nitrogen and oxygen atoms in total. The molecule has 0 spiro atoms. The van der Waals surface area contributed by atoms with Crippen LogP contribution in [0.3, 0.4) is 0 Å². The number of hydrogen-bond acceptors (Lipinski definition) is 3. The summed E-state index contributed by atoms with van der Waals surface area (Å²) >= 11 is 6.81. The minimum atomic E-state index is -0.234. The lowest BCUT2D eigenvalue weighted by Crippen LogP contribution is -2.29. The van der Waals surface area contributed by atoms with Gasteiger partial charge in [-0.25, -0.2) is 0 Å². The molecule has 4 N–H and O–H groups in total. The first kappa shape index (κ1) is 13.9. The molecule has 0 unspecified atom stereocenters. The number of hydrogen-bond donors (Lipinski definition) is 3. The highest BCUT2D eigenvalue weighted by molar-refractivity contribution is 9.11. The third-order valence-electron chi connectivity index (χ3n) is 2.44. The molecular weight excluding hydrogens is 374 g/mol. The van der Waals surface area contributed by atoms with Gasteiger partial charge in [-0.2, -0.15) is 0 Å². The van der Waals surface area contributed by atoms with Gasteiger partial charge in [0.05, 0.1) is 5.69 Å². The quantitative estimate of drug-likeness (QED) is 0.560. The molecule has 0 saturated heterocycles. The van der Waals surface area contributed by atoms with Crippen LogP contribution in [-0.2, 0) is 0 Å². The maximum atomic E-state index is 11.9. The van der Waals surface area contributed by atoms with Gasteiger partial charge in [0.25, 0.3) is 5.91 Å². The number of amides is 1. The number of rotatable bonds is 3. The average Bonchev–Trinajstić information content (AvgIpc) is 2.38. The zero-order valence-electron chi connectivity index (χ0n) is 9.78. The molecule has 2 rings (SSSR count).